The Morgan fingerprint density at radius 3 is 2.37 bits per heavy atom. The fraction of sp³-hybridized carbons (Fsp3) is 0.286. The molecule has 2 aliphatic heterocycles. The third-order valence-corrected chi connectivity index (χ3v) is 6.35. The lowest BCUT2D eigenvalue weighted by molar-refractivity contribution is 0.0926. The predicted octanol–water partition coefficient (Wildman–Crippen LogP) is 5.07. The van der Waals surface area contributed by atoms with Crippen molar-refractivity contribution in [3.63, 3.8) is 0 Å². The van der Waals surface area contributed by atoms with Gasteiger partial charge in [-0.3, -0.25) is 14.5 Å². The predicted molar refractivity (Wildman–Crippen MR) is 133 cm³/mol. The summed E-state index contributed by atoms with van der Waals surface area (Å²) in [6.07, 6.45) is 2.47. The molecule has 2 heterocycles. The highest BCUT2D eigenvalue weighted by Gasteiger charge is 2.37. The summed E-state index contributed by atoms with van der Waals surface area (Å²) in [6.45, 7) is 5.60. The number of benzene rings is 3. The Labute approximate surface area is 204 Å². The van der Waals surface area contributed by atoms with Crippen LogP contribution in [0.2, 0.25) is 0 Å². The summed E-state index contributed by atoms with van der Waals surface area (Å²) < 4.78 is 17.3. The van der Waals surface area contributed by atoms with Crippen LogP contribution in [0.5, 0.6) is 23.0 Å². The van der Waals surface area contributed by atoms with Crippen molar-refractivity contribution in [3.05, 3.63) is 77.4 Å². The number of rotatable bonds is 8. The first kappa shape index (κ1) is 22.9. The summed E-state index contributed by atoms with van der Waals surface area (Å²) >= 11 is 0. The smallest absolute Gasteiger partial charge is 0.266 e. The van der Waals surface area contributed by atoms with Gasteiger partial charge in [-0.2, -0.15) is 0 Å². The zero-order chi connectivity index (χ0) is 24.4. The molecular formula is C28H28N2O5. The number of fused-ring (bicyclic) bond motifs is 1. The fourth-order valence-electron chi connectivity index (χ4n) is 4.54. The van der Waals surface area contributed by atoms with E-state index in [-0.39, 0.29) is 5.91 Å². The molecule has 0 bridgehead atoms. The maximum absolute atomic E-state index is 13.2. The fourth-order valence-corrected chi connectivity index (χ4v) is 4.54. The minimum Gasteiger partial charge on any atom is -0.493 e. The van der Waals surface area contributed by atoms with Gasteiger partial charge < -0.3 is 14.2 Å². The van der Waals surface area contributed by atoms with Gasteiger partial charge in [0, 0.05) is 12.6 Å². The van der Waals surface area contributed by atoms with Gasteiger partial charge in [0.15, 0.2) is 11.5 Å². The molecule has 7 nitrogen and oxygen atoms in total. The number of carbonyl (C=O) groups is 2. The highest BCUT2D eigenvalue weighted by molar-refractivity contribution is 6.34. The van der Waals surface area contributed by atoms with E-state index in [1.165, 1.54) is 12.8 Å². The van der Waals surface area contributed by atoms with Gasteiger partial charge >= 0.3 is 0 Å². The van der Waals surface area contributed by atoms with Gasteiger partial charge in [0.25, 0.3) is 11.8 Å². The van der Waals surface area contributed by atoms with Crippen LogP contribution in [0.4, 0.5) is 5.69 Å². The van der Waals surface area contributed by atoms with E-state index in [0.717, 1.165) is 30.1 Å². The first-order valence-electron chi connectivity index (χ1n) is 11.8. The summed E-state index contributed by atoms with van der Waals surface area (Å²) in [6, 6.07) is 17.7. The number of imide groups is 1. The van der Waals surface area contributed by atoms with Crippen LogP contribution in [0.3, 0.4) is 0 Å². The maximum Gasteiger partial charge on any atom is 0.266 e. The molecule has 0 N–H and O–H groups in total. The van der Waals surface area contributed by atoms with Gasteiger partial charge in [-0.25, -0.2) is 4.90 Å². The molecule has 2 aliphatic rings. The second kappa shape index (κ2) is 9.80. The molecule has 3 aromatic carbocycles. The molecule has 0 spiro atoms. The number of anilines is 1. The number of methoxy groups -OCH3 is 1. The first-order valence-corrected chi connectivity index (χ1v) is 11.8. The number of likely N-dealkylation sites (tertiary alicyclic amines) is 1. The Morgan fingerprint density at radius 1 is 0.829 bits per heavy atom. The van der Waals surface area contributed by atoms with Gasteiger partial charge in [-0.05, 0) is 80.9 Å². The second-order valence-corrected chi connectivity index (χ2v) is 8.80. The zero-order valence-electron chi connectivity index (χ0n) is 20.0. The molecule has 0 saturated carbocycles. The van der Waals surface area contributed by atoms with Gasteiger partial charge in [0.2, 0.25) is 0 Å². The van der Waals surface area contributed by atoms with Crippen LogP contribution in [-0.2, 0) is 0 Å². The minimum absolute atomic E-state index is 0.310. The Morgan fingerprint density at radius 2 is 1.60 bits per heavy atom. The zero-order valence-corrected chi connectivity index (χ0v) is 20.0. The SMILES string of the molecule is COc1cc(N2C(=O)c3ccc(Oc4cccc(C)c4)cc3C2=O)ccc1OCCN1CCCC1. The van der Waals surface area contributed by atoms with Crippen LogP contribution >= 0.6 is 0 Å². The van der Waals surface area contributed by atoms with Gasteiger partial charge in [0.05, 0.1) is 23.9 Å². The Balaban J connectivity index is 1.33. The molecule has 3 aromatic rings. The Bertz CT molecular complexity index is 1270. The van der Waals surface area contributed by atoms with Crippen LogP contribution in [0.25, 0.3) is 0 Å². The molecule has 0 radical (unpaired) electrons. The summed E-state index contributed by atoms with van der Waals surface area (Å²) in [7, 11) is 1.55. The van der Waals surface area contributed by atoms with Gasteiger partial charge in [0.1, 0.15) is 18.1 Å². The van der Waals surface area contributed by atoms with E-state index in [1.54, 1.807) is 43.5 Å². The summed E-state index contributed by atoms with van der Waals surface area (Å²) in [5.74, 6) is 1.45. The number of carbonyl (C=O) groups excluding carboxylic acids is 2. The van der Waals surface area contributed by atoms with E-state index >= 15 is 0 Å². The minimum atomic E-state index is -0.399. The molecule has 35 heavy (non-hydrogen) atoms. The standard InChI is InChI=1S/C28H28N2O5/c1-19-6-5-7-21(16-19)35-22-9-10-23-24(18-22)28(32)30(27(23)31)20-8-11-25(26(17-20)33-2)34-15-14-29-12-3-4-13-29/h5-11,16-18H,3-4,12-15H2,1-2H3. The van der Waals surface area contributed by atoms with E-state index in [1.807, 2.05) is 31.2 Å². The van der Waals surface area contributed by atoms with Crippen molar-refractivity contribution in [2.45, 2.75) is 19.8 Å². The van der Waals surface area contributed by atoms with E-state index in [9.17, 15) is 9.59 Å². The van der Waals surface area contributed by atoms with Crippen molar-refractivity contribution in [2.75, 3.05) is 38.3 Å². The van der Waals surface area contributed by atoms with Crippen molar-refractivity contribution in [1.29, 1.82) is 0 Å². The number of hydrogen-bond acceptors (Lipinski definition) is 6. The van der Waals surface area contributed by atoms with Gasteiger partial charge in [-0.1, -0.05) is 12.1 Å². The number of nitrogens with zero attached hydrogens (tertiary/aromatic N) is 2. The quantitative estimate of drug-likeness (QED) is 0.427. The van der Waals surface area contributed by atoms with Gasteiger partial charge in [-0.15, -0.1) is 0 Å². The summed E-state index contributed by atoms with van der Waals surface area (Å²) in [4.78, 5) is 29.9. The monoisotopic (exact) mass is 472 g/mol. The van der Waals surface area contributed by atoms with Crippen LogP contribution in [0.15, 0.2) is 60.7 Å². The Kier molecular flexibility index (Phi) is 6.42. The highest BCUT2D eigenvalue weighted by Crippen LogP contribution is 2.37. The van der Waals surface area contributed by atoms with Crippen LogP contribution in [0, 0.1) is 6.92 Å². The van der Waals surface area contributed by atoms with Crippen LogP contribution in [0.1, 0.15) is 39.1 Å². The molecule has 2 amide bonds. The molecular weight excluding hydrogens is 444 g/mol. The Hall–Kier alpha value is -3.84. The molecule has 180 valence electrons. The van der Waals surface area contributed by atoms with Crippen molar-refractivity contribution >= 4 is 17.5 Å². The summed E-state index contributed by atoms with van der Waals surface area (Å²) in [5.41, 5.74) is 2.15. The van der Waals surface area contributed by atoms with Crippen molar-refractivity contribution in [2.24, 2.45) is 0 Å². The third-order valence-electron chi connectivity index (χ3n) is 6.35. The number of ether oxygens (including phenoxy) is 3. The van der Waals surface area contributed by atoms with E-state index in [2.05, 4.69) is 4.90 Å². The molecule has 5 rings (SSSR count). The average Bonchev–Trinajstić information content (AvgIpc) is 3.46. The largest absolute Gasteiger partial charge is 0.493 e. The lowest BCUT2D eigenvalue weighted by Crippen LogP contribution is -2.29. The highest BCUT2D eigenvalue weighted by atomic mass is 16.5. The summed E-state index contributed by atoms with van der Waals surface area (Å²) in [5, 5.41) is 0. The molecule has 7 heteroatoms. The maximum atomic E-state index is 13.2. The molecule has 0 atom stereocenters. The van der Waals surface area contributed by atoms with Crippen LogP contribution in [-0.4, -0.2) is 50.1 Å². The van der Waals surface area contributed by atoms with E-state index in [4.69, 9.17) is 14.2 Å². The van der Waals surface area contributed by atoms with Crippen molar-refractivity contribution in [1.82, 2.24) is 4.90 Å². The first-order chi connectivity index (χ1) is 17.0. The van der Waals surface area contributed by atoms with E-state index < -0.39 is 5.91 Å². The topological polar surface area (TPSA) is 68.3 Å². The number of aryl methyl sites for hydroxylation is 1. The molecule has 1 fully saturated rings. The van der Waals surface area contributed by atoms with Crippen molar-refractivity contribution in [3.8, 4) is 23.0 Å². The lowest BCUT2D eigenvalue weighted by atomic mass is 10.1. The van der Waals surface area contributed by atoms with Crippen LogP contribution < -0.4 is 19.1 Å². The third kappa shape index (κ3) is 4.72. The molecule has 0 aliphatic carbocycles. The molecule has 0 aromatic heterocycles. The second-order valence-electron chi connectivity index (χ2n) is 8.80. The number of amides is 2. The molecule has 0 unspecified atom stereocenters. The molecule has 1 saturated heterocycles. The number of hydrogen-bond donors (Lipinski definition) is 0. The van der Waals surface area contributed by atoms with Crippen molar-refractivity contribution < 1.29 is 23.8 Å². The average molecular weight is 473 g/mol. The normalized spacial score (nSPS) is 15.4. The van der Waals surface area contributed by atoms with E-state index in [0.29, 0.717) is 46.4 Å². The lowest BCUT2D eigenvalue weighted by Gasteiger charge is -2.18.